The van der Waals surface area contributed by atoms with E-state index in [0.717, 1.165) is 6.42 Å². The van der Waals surface area contributed by atoms with Gasteiger partial charge in [-0.3, -0.25) is 4.79 Å². The highest BCUT2D eigenvalue weighted by molar-refractivity contribution is 5.99. The van der Waals surface area contributed by atoms with Crippen LogP contribution in [0.1, 0.15) is 16.8 Å². The third-order valence-electron chi connectivity index (χ3n) is 3.35. The van der Waals surface area contributed by atoms with Gasteiger partial charge < -0.3 is 25.6 Å². The molecule has 0 saturated carbocycles. The molecule has 1 heterocycles. The first-order valence-corrected chi connectivity index (χ1v) is 6.06. The van der Waals surface area contributed by atoms with Gasteiger partial charge in [0.1, 0.15) is 11.4 Å². The largest absolute Gasteiger partial charge is 0.508 e. The van der Waals surface area contributed by atoms with E-state index in [-0.39, 0.29) is 17.2 Å². The molecule has 6 nitrogen and oxygen atoms in total. The number of phenolic OH excluding ortho intramolecular Hbond substituents is 1. The molecule has 19 heavy (non-hydrogen) atoms. The van der Waals surface area contributed by atoms with Crippen LogP contribution in [0.3, 0.4) is 0 Å². The highest BCUT2D eigenvalue weighted by Gasteiger charge is 2.35. The van der Waals surface area contributed by atoms with E-state index in [9.17, 15) is 9.90 Å². The van der Waals surface area contributed by atoms with Gasteiger partial charge in [-0.15, -0.1) is 0 Å². The van der Waals surface area contributed by atoms with Crippen LogP contribution in [0, 0.1) is 0 Å². The monoisotopic (exact) mass is 266 g/mol. The number of carbonyl (C=O) groups is 1. The molecule has 0 aliphatic carbocycles. The van der Waals surface area contributed by atoms with Crippen molar-refractivity contribution in [3.05, 3.63) is 23.8 Å². The van der Waals surface area contributed by atoms with Gasteiger partial charge in [0.2, 0.25) is 0 Å². The number of hydrogen-bond donors (Lipinski definition) is 3. The molecule has 0 radical (unpaired) electrons. The van der Waals surface area contributed by atoms with Gasteiger partial charge in [0, 0.05) is 32.4 Å². The molecule has 0 aromatic heterocycles. The van der Waals surface area contributed by atoms with Crippen molar-refractivity contribution in [2.75, 3.05) is 32.6 Å². The zero-order chi connectivity index (χ0) is 13.9. The first-order chi connectivity index (χ1) is 9.06. The van der Waals surface area contributed by atoms with Crippen LogP contribution in [0.15, 0.2) is 18.2 Å². The number of nitrogens with two attached hydrogens (primary N) is 1. The quantitative estimate of drug-likeness (QED) is 0.545. The lowest BCUT2D eigenvalue weighted by Crippen LogP contribution is -2.45. The van der Waals surface area contributed by atoms with Gasteiger partial charge in [-0.05, 0) is 18.2 Å². The number of benzene rings is 1. The number of methoxy groups -OCH3 is 1. The molecule has 1 aliphatic rings. The van der Waals surface area contributed by atoms with Crippen molar-refractivity contribution in [1.29, 1.82) is 0 Å². The lowest BCUT2D eigenvalue weighted by Gasteiger charge is -2.26. The minimum Gasteiger partial charge on any atom is -0.508 e. The molecular formula is C13H18N2O4. The number of ether oxygens (including phenoxy) is 2. The van der Waals surface area contributed by atoms with E-state index in [0.29, 0.717) is 25.4 Å². The van der Waals surface area contributed by atoms with Crippen LogP contribution in [0.2, 0.25) is 0 Å². The first-order valence-electron chi connectivity index (χ1n) is 6.06. The maximum atomic E-state index is 12.0. The summed E-state index contributed by atoms with van der Waals surface area (Å²) in [6.07, 6.45) is 0.735. The number of nitrogen functional groups attached to an aromatic ring is 1. The van der Waals surface area contributed by atoms with E-state index in [4.69, 9.17) is 15.2 Å². The predicted molar refractivity (Wildman–Crippen MR) is 70.0 cm³/mol. The Morgan fingerprint density at radius 1 is 1.63 bits per heavy atom. The summed E-state index contributed by atoms with van der Waals surface area (Å²) in [5, 5.41) is 12.1. The molecule has 1 aliphatic heterocycles. The maximum Gasteiger partial charge on any atom is 0.253 e. The molecule has 1 aromatic carbocycles. The topological polar surface area (TPSA) is 93.8 Å². The molecule has 1 fully saturated rings. The number of aromatic hydroxyl groups is 1. The molecule has 1 aromatic rings. The Bertz CT molecular complexity index is 470. The number of amides is 1. The van der Waals surface area contributed by atoms with Crippen molar-refractivity contribution in [3.63, 3.8) is 0 Å². The Hall–Kier alpha value is -1.79. The lowest BCUT2D eigenvalue weighted by atomic mass is 10.0. The van der Waals surface area contributed by atoms with E-state index in [1.807, 2.05) is 0 Å². The number of nitrogens with one attached hydrogen (secondary N) is 1. The summed E-state index contributed by atoms with van der Waals surface area (Å²) < 4.78 is 10.7. The minimum absolute atomic E-state index is 0.00463. The van der Waals surface area contributed by atoms with Crippen molar-refractivity contribution in [2.24, 2.45) is 0 Å². The normalized spacial score (nSPS) is 22.4. The Labute approximate surface area is 111 Å². The fourth-order valence-electron chi connectivity index (χ4n) is 2.04. The Balaban J connectivity index is 2.03. The lowest BCUT2D eigenvalue weighted by molar-refractivity contribution is -0.0148. The van der Waals surface area contributed by atoms with Crippen molar-refractivity contribution in [3.8, 4) is 5.75 Å². The van der Waals surface area contributed by atoms with Crippen LogP contribution in [0.5, 0.6) is 5.75 Å². The summed E-state index contributed by atoms with van der Waals surface area (Å²) >= 11 is 0. The molecule has 1 amide bonds. The van der Waals surface area contributed by atoms with Crippen molar-refractivity contribution in [2.45, 2.75) is 12.0 Å². The smallest absolute Gasteiger partial charge is 0.253 e. The van der Waals surface area contributed by atoms with Crippen LogP contribution in [-0.4, -0.2) is 43.5 Å². The third kappa shape index (κ3) is 2.97. The standard InChI is InChI=1S/C13H18N2O4/c1-18-13(4-5-19-8-13)7-15-12(17)10-6-9(16)2-3-11(10)14/h2-3,6,16H,4-5,7-8,14H2,1H3,(H,15,17). The van der Waals surface area contributed by atoms with Crippen LogP contribution in [-0.2, 0) is 9.47 Å². The highest BCUT2D eigenvalue weighted by atomic mass is 16.5. The summed E-state index contributed by atoms with van der Waals surface area (Å²) in [4.78, 5) is 12.0. The molecule has 1 unspecified atom stereocenters. The van der Waals surface area contributed by atoms with Crippen molar-refractivity contribution < 1.29 is 19.4 Å². The van der Waals surface area contributed by atoms with E-state index >= 15 is 0 Å². The maximum absolute atomic E-state index is 12.0. The second-order valence-corrected chi connectivity index (χ2v) is 4.64. The van der Waals surface area contributed by atoms with Gasteiger partial charge in [-0.2, -0.15) is 0 Å². The molecule has 6 heteroatoms. The third-order valence-corrected chi connectivity index (χ3v) is 3.35. The molecule has 4 N–H and O–H groups in total. The van der Waals surface area contributed by atoms with Crippen LogP contribution >= 0.6 is 0 Å². The molecule has 2 rings (SSSR count). The molecule has 0 spiro atoms. The predicted octanol–water partition coefficient (Wildman–Crippen LogP) is 0.510. The van der Waals surface area contributed by atoms with Gasteiger partial charge in [0.15, 0.2) is 0 Å². The molecular weight excluding hydrogens is 248 g/mol. The molecule has 104 valence electrons. The summed E-state index contributed by atoms with van der Waals surface area (Å²) in [5.74, 6) is -0.332. The fourth-order valence-corrected chi connectivity index (χ4v) is 2.04. The van der Waals surface area contributed by atoms with Crippen LogP contribution < -0.4 is 11.1 Å². The fraction of sp³-hybridized carbons (Fsp3) is 0.462. The second-order valence-electron chi connectivity index (χ2n) is 4.64. The zero-order valence-corrected chi connectivity index (χ0v) is 10.8. The first kappa shape index (κ1) is 13.6. The van der Waals surface area contributed by atoms with Gasteiger partial charge in [0.05, 0.1) is 12.2 Å². The van der Waals surface area contributed by atoms with Crippen molar-refractivity contribution >= 4 is 11.6 Å². The van der Waals surface area contributed by atoms with E-state index in [1.165, 1.54) is 18.2 Å². The number of carbonyl (C=O) groups excluding carboxylic acids is 1. The Kier molecular flexibility index (Phi) is 3.92. The molecule has 1 atom stereocenters. The summed E-state index contributed by atoms with van der Waals surface area (Å²) in [6, 6.07) is 4.28. The number of anilines is 1. The van der Waals surface area contributed by atoms with E-state index in [2.05, 4.69) is 5.32 Å². The Morgan fingerprint density at radius 3 is 3.05 bits per heavy atom. The van der Waals surface area contributed by atoms with Crippen molar-refractivity contribution in [1.82, 2.24) is 5.32 Å². The average molecular weight is 266 g/mol. The zero-order valence-electron chi connectivity index (χ0n) is 10.8. The van der Waals surface area contributed by atoms with E-state index < -0.39 is 5.60 Å². The minimum atomic E-state index is -0.471. The number of rotatable bonds is 4. The number of hydrogen-bond acceptors (Lipinski definition) is 5. The SMILES string of the molecule is COC1(CNC(=O)c2cc(O)ccc2N)CCOC1. The summed E-state index contributed by atoms with van der Waals surface area (Å²) in [7, 11) is 1.60. The van der Waals surface area contributed by atoms with E-state index in [1.54, 1.807) is 7.11 Å². The number of phenols is 1. The van der Waals surface area contributed by atoms with Gasteiger partial charge in [0.25, 0.3) is 5.91 Å². The molecule has 0 bridgehead atoms. The molecule has 1 saturated heterocycles. The highest BCUT2D eigenvalue weighted by Crippen LogP contribution is 2.22. The van der Waals surface area contributed by atoms with Crippen LogP contribution in [0.4, 0.5) is 5.69 Å². The van der Waals surface area contributed by atoms with Crippen LogP contribution in [0.25, 0.3) is 0 Å². The summed E-state index contributed by atoms with van der Waals surface area (Å²) in [5.41, 5.74) is 5.82. The second kappa shape index (κ2) is 5.46. The van der Waals surface area contributed by atoms with Gasteiger partial charge in [-0.25, -0.2) is 0 Å². The average Bonchev–Trinajstić information content (AvgIpc) is 2.88. The van der Waals surface area contributed by atoms with Gasteiger partial charge in [-0.1, -0.05) is 0 Å². The summed E-state index contributed by atoms with van der Waals surface area (Å²) in [6.45, 7) is 1.43. The Morgan fingerprint density at radius 2 is 2.42 bits per heavy atom. The van der Waals surface area contributed by atoms with Gasteiger partial charge >= 0.3 is 0 Å².